The van der Waals surface area contributed by atoms with Gasteiger partial charge in [-0.05, 0) is 27.4 Å². The minimum Gasteiger partial charge on any atom is -0.355 e. The first kappa shape index (κ1) is 11.7. The summed E-state index contributed by atoms with van der Waals surface area (Å²) in [6, 6.07) is -0.0691. The zero-order valence-electron chi connectivity index (χ0n) is 7.93. The fraction of sp³-hybridized carbons (Fsp3) is 0.875. The number of rotatable bonds is 5. The molecule has 12 heavy (non-hydrogen) atoms. The molecule has 1 amide bonds. The second kappa shape index (κ2) is 6.26. The first-order valence-electron chi connectivity index (χ1n) is 4.09. The van der Waals surface area contributed by atoms with Gasteiger partial charge in [0.05, 0.1) is 6.04 Å². The van der Waals surface area contributed by atoms with Gasteiger partial charge < -0.3 is 5.32 Å². The molecule has 4 heteroatoms. The van der Waals surface area contributed by atoms with Crippen molar-refractivity contribution in [3.63, 3.8) is 0 Å². The third-order valence-corrected chi connectivity index (χ3v) is 2.03. The van der Waals surface area contributed by atoms with Crippen molar-refractivity contribution in [3.8, 4) is 0 Å². The fourth-order valence-electron chi connectivity index (χ4n) is 0.661. The van der Waals surface area contributed by atoms with Crippen molar-refractivity contribution in [2.24, 2.45) is 0 Å². The number of hydrogen-bond donors (Lipinski definition) is 1. The topological polar surface area (TPSA) is 32.3 Å². The maximum absolute atomic E-state index is 11.3. The first-order chi connectivity index (χ1) is 5.59. The lowest BCUT2D eigenvalue weighted by atomic mass is 10.3. The fourth-order valence-corrected chi connectivity index (χ4v) is 0.794. The van der Waals surface area contributed by atoms with Gasteiger partial charge in [-0.1, -0.05) is 0 Å². The van der Waals surface area contributed by atoms with Crippen molar-refractivity contribution in [1.82, 2.24) is 10.2 Å². The molecule has 0 saturated carbocycles. The number of nitrogens with zero attached hydrogens (tertiary/aromatic N) is 1. The van der Waals surface area contributed by atoms with E-state index in [1.165, 1.54) is 0 Å². The number of carbonyl (C=O) groups is 1. The second-order valence-corrected chi connectivity index (χ2v) is 3.35. The average Bonchev–Trinajstić information content (AvgIpc) is 2.03. The van der Waals surface area contributed by atoms with Gasteiger partial charge in [-0.3, -0.25) is 9.69 Å². The van der Waals surface area contributed by atoms with Crippen molar-refractivity contribution in [1.29, 1.82) is 0 Å². The van der Waals surface area contributed by atoms with E-state index in [-0.39, 0.29) is 11.9 Å². The maximum Gasteiger partial charge on any atom is 0.237 e. The van der Waals surface area contributed by atoms with Crippen molar-refractivity contribution >= 4 is 17.5 Å². The molecular formula is C8H17ClN2O. The van der Waals surface area contributed by atoms with Gasteiger partial charge in [0.15, 0.2) is 0 Å². The molecule has 72 valence electrons. The first-order valence-corrected chi connectivity index (χ1v) is 4.63. The molecular weight excluding hydrogens is 176 g/mol. The summed E-state index contributed by atoms with van der Waals surface area (Å²) in [5, 5.41) is 2.80. The van der Waals surface area contributed by atoms with Crippen LogP contribution in [0.1, 0.15) is 13.3 Å². The van der Waals surface area contributed by atoms with E-state index >= 15 is 0 Å². The van der Waals surface area contributed by atoms with Crippen LogP contribution < -0.4 is 5.32 Å². The molecule has 1 N–H and O–H groups in total. The number of hydrogen-bond acceptors (Lipinski definition) is 2. The molecule has 0 rings (SSSR count). The average molecular weight is 193 g/mol. The van der Waals surface area contributed by atoms with Crippen LogP contribution in [0.2, 0.25) is 0 Å². The molecule has 0 spiro atoms. The normalized spacial score (nSPS) is 13.1. The van der Waals surface area contributed by atoms with E-state index in [0.29, 0.717) is 12.4 Å². The van der Waals surface area contributed by atoms with Crippen molar-refractivity contribution < 1.29 is 4.79 Å². The van der Waals surface area contributed by atoms with E-state index in [1.54, 1.807) is 0 Å². The molecule has 0 aliphatic carbocycles. The van der Waals surface area contributed by atoms with E-state index in [4.69, 9.17) is 11.6 Å². The van der Waals surface area contributed by atoms with Gasteiger partial charge in [-0.25, -0.2) is 0 Å². The molecule has 0 unspecified atom stereocenters. The lowest BCUT2D eigenvalue weighted by Gasteiger charge is -2.18. The SMILES string of the molecule is C[C@@H](C(=O)NCCCCl)N(C)C. The summed E-state index contributed by atoms with van der Waals surface area (Å²) in [4.78, 5) is 13.1. The van der Waals surface area contributed by atoms with Gasteiger partial charge in [-0.15, -0.1) is 11.6 Å². The van der Waals surface area contributed by atoms with E-state index in [9.17, 15) is 4.79 Å². The Morgan fingerprint density at radius 3 is 2.58 bits per heavy atom. The molecule has 1 atom stereocenters. The minimum atomic E-state index is -0.0691. The van der Waals surface area contributed by atoms with Gasteiger partial charge >= 0.3 is 0 Å². The van der Waals surface area contributed by atoms with Crippen LogP contribution in [0.25, 0.3) is 0 Å². The zero-order valence-corrected chi connectivity index (χ0v) is 8.69. The summed E-state index contributed by atoms with van der Waals surface area (Å²) in [5.74, 6) is 0.654. The lowest BCUT2D eigenvalue weighted by molar-refractivity contribution is -0.124. The van der Waals surface area contributed by atoms with Crippen LogP contribution in [-0.4, -0.2) is 43.4 Å². The highest BCUT2D eigenvalue weighted by atomic mass is 35.5. The molecule has 0 aliphatic rings. The lowest BCUT2D eigenvalue weighted by Crippen LogP contribution is -2.41. The predicted molar refractivity (Wildman–Crippen MR) is 51.5 cm³/mol. The number of nitrogens with one attached hydrogen (secondary N) is 1. The Balaban J connectivity index is 3.57. The van der Waals surface area contributed by atoms with Crippen LogP contribution in [0, 0.1) is 0 Å². The molecule has 3 nitrogen and oxygen atoms in total. The number of alkyl halides is 1. The summed E-state index contributed by atoms with van der Waals surface area (Å²) in [5.41, 5.74) is 0. The quantitative estimate of drug-likeness (QED) is 0.514. The summed E-state index contributed by atoms with van der Waals surface area (Å²) < 4.78 is 0. The Labute approximate surface area is 79.1 Å². The molecule has 0 saturated heterocycles. The third kappa shape index (κ3) is 4.57. The molecule has 0 aromatic carbocycles. The van der Waals surface area contributed by atoms with Crippen LogP contribution in [-0.2, 0) is 4.79 Å². The molecule has 0 heterocycles. The molecule has 0 bridgehead atoms. The summed E-state index contributed by atoms with van der Waals surface area (Å²) in [6.07, 6.45) is 0.827. The summed E-state index contributed by atoms with van der Waals surface area (Å²) in [6.45, 7) is 2.54. The predicted octanol–water partition coefficient (Wildman–Crippen LogP) is 0.682. The zero-order chi connectivity index (χ0) is 9.56. The molecule has 0 aliphatic heterocycles. The highest BCUT2D eigenvalue weighted by molar-refractivity contribution is 6.17. The number of carbonyl (C=O) groups excluding carboxylic acids is 1. The highest BCUT2D eigenvalue weighted by Gasteiger charge is 2.13. The van der Waals surface area contributed by atoms with Gasteiger partial charge in [0.25, 0.3) is 0 Å². The standard InChI is InChI=1S/C8H17ClN2O/c1-7(11(2)3)8(12)10-6-4-5-9/h7H,4-6H2,1-3H3,(H,10,12)/t7-/m0/s1. The van der Waals surface area contributed by atoms with Crippen molar-refractivity contribution in [3.05, 3.63) is 0 Å². The molecule has 0 radical (unpaired) electrons. The third-order valence-electron chi connectivity index (χ3n) is 1.76. The summed E-state index contributed by atoms with van der Waals surface area (Å²) in [7, 11) is 3.76. The highest BCUT2D eigenvalue weighted by Crippen LogP contribution is 1.91. The number of amides is 1. The Kier molecular flexibility index (Phi) is 6.11. The van der Waals surface area contributed by atoms with Crippen LogP contribution in [0.15, 0.2) is 0 Å². The van der Waals surface area contributed by atoms with Gasteiger partial charge in [-0.2, -0.15) is 0 Å². The summed E-state index contributed by atoms with van der Waals surface area (Å²) >= 11 is 5.47. The Bertz CT molecular complexity index is 139. The van der Waals surface area contributed by atoms with Crippen molar-refractivity contribution in [2.75, 3.05) is 26.5 Å². The van der Waals surface area contributed by atoms with Gasteiger partial charge in [0, 0.05) is 12.4 Å². The van der Waals surface area contributed by atoms with Crippen LogP contribution in [0.3, 0.4) is 0 Å². The largest absolute Gasteiger partial charge is 0.355 e. The Morgan fingerprint density at radius 1 is 1.58 bits per heavy atom. The monoisotopic (exact) mass is 192 g/mol. The second-order valence-electron chi connectivity index (χ2n) is 2.97. The Hall–Kier alpha value is -0.280. The molecule has 0 aromatic rings. The minimum absolute atomic E-state index is 0.0603. The van der Waals surface area contributed by atoms with E-state index in [2.05, 4.69) is 5.32 Å². The van der Waals surface area contributed by atoms with E-state index in [0.717, 1.165) is 6.42 Å². The Morgan fingerprint density at radius 2 is 2.17 bits per heavy atom. The van der Waals surface area contributed by atoms with Crippen LogP contribution in [0.4, 0.5) is 0 Å². The smallest absolute Gasteiger partial charge is 0.237 e. The van der Waals surface area contributed by atoms with E-state index in [1.807, 2.05) is 25.9 Å². The maximum atomic E-state index is 11.3. The van der Waals surface area contributed by atoms with Crippen LogP contribution in [0.5, 0.6) is 0 Å². The molecule has 0 aromatic heterocycles. The van der Waals surface area contributed by atoms with Gasteiger partial charge in [0.1, 0.15) is 0 Å². The van der Waals surface area contributed by atoms with Gasteiger partial charge in [0.2, 0.25) is 5.91 Å². The van der Waals surface area contributed by atoms with E-state index < -0.39 is 0 Å². The number of halogens is 1. The number of likely N-dealkylation sites (N-methyl/N-ethyl adjacent to an activating group) is 1. The molecule has 0 fully saturated rings. The van der Waals surface area contributed by atoms with Crippen LogP contribution >= 0.6 is 11.6 Å². The van der Waals surface area contributed by atoms with Crippen molar-refractivity contribution in [2.45, 2.75) is 19.4 Å².